The predicted octanol–water partition coefficient (Wildman–Crippen LogP) is 3.24. The van der Waals surface area contributed by atoms with Crippen LogP contribution in [0.4, 0.5) is 11.4 Å². The van der Waals surface area contributed by atoms with Crippen molar-refractivity contribution in [1.29, 1.82) is 0 Å². The van der Waals surface area contributed by atoms with E-state index < -0.39 is 0 Å². The van der Waals surface area contributed by atoms with Crippen LogP contribution in [0.3, 0.4) is 0 Å². The molecule has 0 saturated carbocycles. The quantitative estimate of drug-likeness (QED) is 0.285. The highest BCUT2D eigenvalue weighted by atomic mass is 32.1. The number of hydrogen-bond acceptors (Lipinski definition) is 6. The number of methoxy groups -OCH3 is 4. The standard InChI is InChI=1S/C22H30N4O4S2/c1-27-11-9-23-21(31)25-17-7-5-15(13-19(17)29-3)16-6-8-18(20(14-16)30-4)26-22(32)24-10-12-28-2/h5-8,13-14H,9-12H2,1-4H3,(H2,23,25,31)(H2,24,26,32). The number of thiocarbonyl (C=S) groups is 2. The van der Waals surface area contributed by atoms with Gasteiger partial charge in [0.1, 0.15) is 11.5 Å². The lowest BCUT2D eigenvalue weighted by Crippen LogP contribution is -2.31. The van der Waals surface area contributed by atoms with E-state index in [1.807, 2.05) is 36.4 Å². The van der Waals surface area contributed by atoms with Gasteiger partial charge in [0.2, 0.25) is 0 Å². The third-order valence-corrected chi connectivity index (χ3v) is 4.91. The van der Waals surface area contributed by atoms with Crippen LogP contribution < -0.4 is 30.7 Å². The molecular formula is C22H30N4O4S2. The molecule has 174 valence electrons. The van der Waals surface area contributed by atoms with Gasteiger partial charge < -0.3 is 40.2 Å². The molecule has 0 aromatic heterocycles. The molecule has 0 heterocycles. The van der Waals surface area contributed by atoms with Crippen molar-refractivity contribution in [2.75, 3.05) is 65.4 Å². The van der Waals surface area contributed by atoms with Gasteiger partial charge in [-0.15, -0.1) is 0 Å². The third-order valence-electron chi connectivity index (χ3n) is 4.42. The highest BCUT2D eigenvalue weighted by Gasteiger charge is 2.11. The summed E-state index contributed by atoms with van der Waals surface area (Å²) in [4.78, 5) is 0. The number of nitrogens with one attached hydrogen (secondary N) is 4. The van der Waals surface area contributed by atoms with Gasteiger partial charge in [0.15, 0.2) is 10.2 Å². The van der Waals surface area contributed by atoms with Gasteiger partial charge >= 0.3 is 0 Å². The van der Waals surface area contributed by atoms with E-state index in [0.29, 0.717) is 48.0 Å². The summed E-state index contributed by atoms with van der Waals surface area (Å²) >= 11 is 10.6. The Morgan fingerprint density at radius 1 is 0.688 bits per heavy atom. The van der Waals surface area contributed by atoms with Gasteiger partial charge in [-0.25, -0.2) is 0 Å². The van der Waals surface area contributed by atoms with Crippen LogP contribution in [0, 0.1) is 0 Å². The zero-order valence-electron chi connectivity index (χ0n) is 18.7. The number of ether oxygens (including phenoxy) is 4. The lowest BCUT2D eigenvalue weighted by Gasteiger charge is -2.16. The molecule has 0 spiro atoms. The second-order valence-electron chi connectivity index (χ2n) is 6.58. The van der Waals surface area contributed by atoms with E-state index in [0.717, 1.165) is 22.5 Å². The van der Waals surface area contributed by atoms with Gasteiger partial charge in [0, 0.05) is 27.3 Å². The molecule has 0 amide bonds. The fraction of sp³-hybridized carbons (Fsp3) is 0.364. The van der Waals surface area contributed by atoms with Gasteiger partial charge in [-0.05, 0) is 59.8 Å². The van der Waals surface area contributed by atoms with Gasteiger partial charge in [0.05, 0.1) is 38.8 Å². The summed E-state index contributed by atoms with van der Waals surface area (Å²) in [6, 6.07) is 11.7. The number of hydrogen-bond donors (Lipinski definition) is 4. The minimum absolute atomic E-state index is 0.500. The SMILES string of the molecule is COCCNC(=S)Nc1ccc(-c2ccc(NC(=S)NCCOC)c(OC)c2)cc1OC. The van der Waals surface area contributed by atoms with Crippen molar-refractivity contribution < 1.29 is 18.9 Å². The normalized spacial score (nSPS) is 10.2. The van der Waals surface area contributed by atoms with Gasteiger partial charge in [-0.2, -0.15) is 0 Å². The Bertz CT molecular complexity index is 838. The minimum Gasteiger partial charge on any atom is -0.495 e. The Morgan fingerprint density at radius 2 is 1.09 bits per heavy atom. The predicted molar refractivity (Wildman–Crippen MR) is 137 cm³/mol. The van der Waals surface area contributed by atoms with Crippen LogP contribution in [-0.2, 0) is 9.47 Å². The molecule has 2 aromatic rings. The first-order chi connectivity index (χ1) is 15.5. The van der Waals surface area contributed by atoms with E-state index in [-0.39, 0.29) is 0 Å². The van der Waals surface area contributed by atoms with Crippen LogP contribution in [-0.4, -0.2) is 65.0 Å². The average Bonchev–Trinajstić information content (AvgIpc) is 2.80. The highest BCUT2D eigenvalue weighted by Crippen LogP contribution is 2.34. The summed E-state index contributed by atoms with van der Waals surface area (Å²) in [6.45, 7) is 2.37. The second kappa shape index (κ2) is 13.7. The van der Waals surface area contributed by atoms with Crippen molar-refractivity contribution in [3.63, 3.8) is 0 Å². The van der Waals surface area contributed by atoms with E-state index in [2.05, 4.69) is 21.3 Å². The fourth-order valence-corrected chi connectivity index (χ4v) is 3.24. The molecule has 10 heteroatoms. The molecule has 4 N–H and O–H groups in total. The van der Waals surface area contributed by atoms with E-state index >= 15 is 0 Å². The largest absolute Gasteiger partial charge is 0.495 e. The molecule has 0 aliphatic heterocycles. The molecule has 2 rings (SSSR count). The Labute approximate surface area is 200 Å². The van der Waals surface area contributed by atoms with Crippen molar-refractivity contribution in [1.82, 2.24) is 10.6 Å². The molecule has 0 aliphatic carbocycles. The van der Waals surface area contributed by atoms with Crippen LogP contribution >= 0.6 is 24.4 Å². The zero-order chi connectivity index (χ0) is 23.3. The first kappa shape index (κ1) is 25.6. The first-order valence-corrected chi connectivity index (χ1v) is 10.8. The van der Waals surface area contributed by atoms with E-state index in [1.165, 1.54) is 0 Å². The van der Waals surface area contributed by atoms with Crippen LogP contribution in [0.15, 0.2) is 36.4 Å². The minimum atomic E-state index is 0.500. The molecule has 0 fully saturated rings. The van der Waals surface area contributed by atoms with Crippen LogP contribution in [0.5, 0.6) is 11.5 Å². The van der Waals surface area contributed by atoms with Crippen molar-refractivity contribution in [2.45, 2.75) is 0 Å². The maximum atomic E-state index is 5.56. The van der Waals surface area contributed by atoms with Gasteiger partial charge in [0.25, 0.3) is 0 Å². The van der Waals surface area contributed by atoms with Crippen molar-refractivity contribution in [3.05, 3.63) is 36.4 Å². The zero-order valence-corrected chi connectivity index (χ0v) is 20.4. The second-order valence-corrected chi connectivity index (χ2v) is 7.39. The molecule has 32 heavy (non-hydrogen) atoms. The van der Waals surface area contributed by atoms with Crippen LogP contribution in [0.25, 0.3) is 11.1 Å². The molecule has 0 saturated heterocycles. The third kappa shape index (κ3) is 7.79. The average molecular weight is 479 g/mol. The Balaban J connectivity index is 2.15. The van der Waals surface area contributed by atoms with Crippen molar-refractivity contribution in [3.8, 4) is 22.6 Å². The Kier molecular flexibility index (Phi) is 10.9. The number of anilines is 2. The molecular weight excluding hydrogens is 448 g/mol. The summed E-state index contributed by atoms with van der Waals surface area (Å²) in [5.41, 5.74) is 3.47. The van der Waals surface area contributed by atoms with Crippen LogP contribution in [0.2, 0.25) is 0 Å². The molecule has 8 nitrogen and oxygen atoms in total. The fourth-order valence-electron chi connectivity index (χ4n) is 2.81. The summed E-state index contributed by atoms with van der Waals surface area (Å²) in [5.74, 6) is 1.34. The summed E-state index contributed by atoms with van der Waals surface area (Å²) in [6.07, 6.45) is 0. The summed E-state index contributed by atoms with van der Waals surface area (Å²) < 4.78 is 21.2. The van der Waals surface area contributed by atoms with Gasteiger partial charge in [-0.3, -0.25) is 0 Å². The monoisotopic (exact) mass is 478 g/mol. The Morgan fingerprint density at radius 3 is 1.44 bits per heavy atom. The van der Waals surface area contributed by atoms with Crippen LogP contribution in [0.1, 0.15) is 0 Å². The van der Waals surface area contributed by atoms with Gasteiger partial charge in [-0.1, -0.05) is 12.1 Å². The summed E-state index contributed by atoms with van der Waals surface area (Å²) in [5, 5.41) is 13.4. The summed E-state index contributed by atoms with van der Waals surface area (Å²) in [7, 11) is 6.53. The van der Waals surface area contributed by atoms with E-state index in [9.17, 15) is 0 Å². The topological polar surface area (TPSA) is 85.0 Å². The van der Waals surface area contributed by atoms with Crippen molar-refractivity contribution in [2.24, 2.45) is 0 Å². The molecule has 0 atom stereocenters. The lowest BCUT2D eigenvalue weighted by molar-refractivity contribution is 0.204. The molecule has 0 aliphatic rings. The smallest absolute Gasteiger partial charge is 0.170 e. The highest BCUT2D eigenvalue weighted by molar-refractivity contribution is 7.80. The van der Waals surface area contributed by atoms with E-state index in [1.54, 1.807) is 28.4 Å². The molecule has 2 aromatic carbocycles. The maximum absolute atomic E-state index is 5.56. The molecule has 0 unspecified atom stereocenters. The molecule has 0 radical (unpaired) electrons. The Hall–Kier alpha value is -2.66. The van der Waals surface area contributed by atoms with Crippen molar-refractivity contribution >= 4 is 46.0 Å². The number of rotatable bonds is 11. The molecule has 0 bridgehead atoms. The lowest BCUT2D eigenvalue weighted by atomic mass is 10.0. The number of benzene rings is 2. The van der Waals surface area contributed by atoms with E-state index in [4.69, 9.17) is 43.4 Å². The maximum Gasteiger partial charge on any atom is 0.170 e. The first-order valence-electron chi connectivity index (χ1n) is 9.96.